The Kier molecular flexibility index (Phi) is 6.32. The molecule has 1 aliphatic rings. The van der Waals surface area contributed by atoms with Gasteiger partial charge >= 0.3 is 6.03 Å². The monoisotopic (exact) mass is 436 g/mol. The average molecular weight is 437 g/mol. The molecule has 0 unspecified atom stereocenters. The van der Waals surface area contributed by atoms with Crippen LogP contribution in [0.5, 0.6) is 0 Å². The fourth-order valence-electron chi connectivity index (χ4n) is 4.51. The van der Waals surface area contributed by atoms with E-state index in [-0.39, 0.29) is 12.1 Å². The van der Waals surface area contributed by atoms with Gasteiger partial charge in [-0.25, -0.2) is 14.8 Å². The van der Waals surface area contributed by atoms with Crippen molar-refractivity contribution in [1.82, 2.24) is 19.4 Å². The number of nitrogens with two attached hydrogens (primary N) is 2. The first-order valence-electron chi connectivity index (χ1n) is 11.2. The van der Waals surface area contributed by atoms with Crippen LogP contribution in [0.2, 0.25) is 0 Å². The second-order valence-corrected chi connectivity index (χ2v) is 8.43. The zero-order valence-electron chi connectivity index (χ0n) is 19.0. The number of aryl methyl sites for hydroxylation is 3. The lowest BCUT2D eigenvalue weighted by atomic mass is 10.1. The van der Waals surface area contributed by atoms with Crippen molar-refractivity contribution in [2.75, 3.05) is 18.9 Å². The summed E-state index contributed by atoms with van der Waals surface area (Å²) in [7, 11) is 0. The molecule has 32 heavy (non-hydrogen) atoms. The lowest BCUT2D eigenvalue weighted by Crippen LogP contribution is -2.39. The summed E-state index contributed by atoms with van der Waals surface area (Å²) in [5.41, 5.74) is 16.8. The van der Waals surface area contributed by atoms with Gasteiger partial charge in [-0.1, -0.05) is 30.3 Å². The van der Waals surface area contributed by atoms with E-state index in [2.05, 4.69) is 21.7 Å². The molecule has 2 heterocycles. The van der Waals surface area contributed by atoms with E-state index in [9.17, 15) is 4.79 Å². The van der Waals surface area contributed by atoms with Crippen LogP contribution in [-0.2, 0) is 17.9 Å². The number of amides is 2. The molecule has 0 aliphatic heterocycles. The average Bonchev–Trinajstić information content (AvgIpc) is 3.48. The predicted octanol–water partition coefficient (Wildman–Crippen LogP) is 3.49. The largest absolute Gasteiger partial charge is 0.382 e. The Morgan fingerprint density at radius 3 is 2.69 bits per heavy atom. The summed E-state index contributed by atoms with van der Waals surface area (Å²) in [5, 5.41) is 0. The highest BCUT2D eigenvalue weighted by atomic mass is 16.5. The normalized spacial score (nSPS) is 17.6. The molecular formula is C24H32N6O2. The van der Waals surface area contributed by atoms with Crippen molar-refractivity contribution in [2.45, 2.75) is 58.7 Å². The van der Waals surface area contributed by atoms with Crippen molar-refractivity contribution in [2.24, 2.45) is 5.73 Å². The van der Waals surface area contributed by atoms with Gasteiger partial charge in [-0.15, -0.1) is 0 Å². The Morgan fingerprint density at radius 2 is 2.00 bits per heavy atom. The maximum atomic E-state index is 12.2. The number of fused-ring (bicyclic) bond motifs is 1. The number of carbonyl (C=O) groups is 1. The van der Waals surface area contributed by atoms with Crippen LogP contribution in [0.15, 0.2) is 30.3 Å². The lowest BCUT2D eigenvalue weighted by molar-refractivity contribution is 0.125. The third-order valence-corrected chi connectivity index (χ3v) is 6.36. The number of aromatic nitrogens is 3. The van der Waals surface area contributed by atoms with Gasteiger partial charge in [0.25, 0.3) is 0 Å². The van der Waals surface area contributed by atoms with Gasteiger partial charge in [-0.05, 0) is 44.7 Å². The lowest BCUT2D eigenvalue weighted by Gasteiger charge is -2.21. The number of pyridine rings is 1. The number of hydrogen-bond acceptors (Lipinski definition) is 5. The van der Waals surface area contributed by atoms with Crippen molar-refractivity contribution in [3.63, 3.8) is 0 Å². The molecule has 3 aromatic rings. The van der Waals surface area contributed by atoms with Crippen molar-refractivity contribution < 1.29 is 9.53 Å². The van der Waals surface area contributed by atoms with Gasteiger partial charge in [0, 0.05) is 37.4 Å². The van der Waals surface area contributed by atoms with Gasteiger partial charge in [0.05, 0.1) is 5.52 Å². The molecule has 4 rings (SSSR count). The van der Waals surface area contributed by atoms with Crippen LogP contribution >= 0.6 is 0 Å². The highest BCUT2D eigenvalue weighted by molar-refractivity contribution is 5.88. The Labute approximate surface area is 188 Å². The quantitative estimate of drug-likeness (QED) is 0.533. The van der Waals surface area contributed by atoms with Crippen LogP contribution < -0.4 is 11.5 Å². The van der Waals surface area contributed by atoms with Crippen LogP contribution in [0.4, 0.5) is 10.6 Å². The van der Waals surface area contributed by atoms with Crippen molar-refractivity contribution in [3.8, 4) is 0 Å². The number of urea groups is 1. The molecule has 1 fully saturated rings. The Balaban J connectivity index is 1.52. The van der Waals surface area contributed by atoms with E-state index in [0.29, 0.717) is 43.6 Å². The molecule has 0 spiro atoms. The first-order chi connectivity index (χ1) is 15.4. The third-order valence-electron chi connectivity index (χ3n) is 6.36. The molecular weight excluding hydrogens is 404 g/mol. The highest BCUT2D eigenvalue weighted by Gasteiger charge is 2.44. The van der Waals surface area contributed by atoms with E-state index < -0.39 is 0 Å². The standard InChI is InChI=1S/C24H32N6O2/c1-4-32-14-20-28-21-22(15(2)16(3)27-23(21)25)30(20)12-8-11-29(24(26)31)19-13-18(19)17-9-6-5-7-10-17/h5-7,9-10,18-19H,4,8,11-14H2,1-3H3,(H2,25,27)(H2,26,31)/t18-,19+/m0/s1. The maximum absolute atomic E-state index is 12.2. The molecule has 0 saturated heterocycles. The molecule has 170 valence electrons. The first kappa shape index (κ1) is 22.1. The summed E-state index contributed by atoms with van der Waals surface area (Å²) in [4.78, 5) is 23.2. The second kappa shape index (κ2) is 9.16. The molecule has 8 nitrogen and oxygen atoms in total. The Morgan fingerprint density at radius 1 is 1.25 bits per heavy atom. The fourth-order valence-corrected chi connectivity index (χ4v) is 4.51. The van der Waals surface area contributed by atoms with Crippen LogP contribution in [-0.4, -0.2) is 44.7 Å². The number of imidazole rings is 1. The van der Waals surface area contributed by atoms with Crippen LogP contribution in [0.1, 0.15) is 48.3 Å². The maximum Gasteiger partial charge on any atom is 0.315 e. The summed E-state index contributed by atoms with van der Waals surface area (Å²) in [6.45, 7) is 8.24. The second-order valence-electron chi connectivity index (χ2n) is 8.43. The van der Waals surface area contributed by atoms with Gasteiger partial charge in [0.15, 0.2) is 5.82 Å². The number of nitrogens with zero attached hydrogens (tertiary/aromatic N) is 4. The Bertz CT molecular complexity index is 1110. The number of ether oxygens (including phenoxy) is 1. The first-order valence-corrected chi connectivity index (χ1v) is 11.2. The van der Waals surface area contributed by atoms with Gasteiger partial charge < -0.3 is 25.7 Å². The third kappa shape index (κ3) is 4.27. The summed E-state index contributed by atoms with van der Waals surface area (Å²) < 4.78 is 7.81. The van der Waals surface area contributed by atoms with E-state index in [1.165, 1.54) is 5.56 Å². The number of anilines is 1. The highest BCUT2D eigenvalue weighted by Crippen LogP contribution is 2.44. The number of hydrogen-bond donors (Lipinski definition) is 2. The van der Waals surface area contributed by atoms with Crippen LogP contribution in [0.3, 0.4) is 0 Å². The zero-order valence-corrected chi connectivity index (χ0v) is 19.0. The van der Waals surface area contributed by atoms with E-state index >= 15 is 0 Å². The summed E-state index contributed by atoms with van der Waals surface area (Å²) in [6, 6.07) is 10.1. The Hall–Kier alpha value is -3.13. The zero-order chi connectivity index (χ0) is 22.8. The van der Waals surface area contributed by atoms with Gasteiger partial charge in [0.1, 0.15) is 17.9 Å². The van der Waals surface area contributed by atoms with Crippen LogP contribution in [0, 0.1) is 13.8 Å². The van der Waals surface area contributed by atoms with E-state index in [1.54, 1.807) is 0 Å². The number of carbonyl (C=O) groups excluding carboxylic acids is 1. The van der Waals surface area contributed by atoms with Crippen molar-refractivity contribution in [3.05, 3.63) is 53.0 Å². The minimum Gasteiger partial charge on any atom is -0.382 e. The minimum atomic E-state index is -0.362. The minimum absolute atomic E-state index is 0.168. The molecule has 0 bridgehead atoms. The van der Waals surface area contributed by atoms with Gasteiger partial charge in [-0.2, -0.15) is 0 Å². The molecule has 2 atom stereocenters. The van der Waals surface area contributed by atoms with E-state index in [4.69, 9.17) is 21.2 Å². The molecule has 1 saturated carbocycles. The number of primary amides is 1. The molecule has 4 N–H and O–H groups in total. The molecule has 2 aromatic heterocycles. The number of benzene rings is 1. The van der Waals surface area contributed by atoms with Gasteiger partial charge in [-0.3, -0.25) is 0 Å². The molecule has 2 amide bonds. The van der Waals surface area contributed by atoms with Gasteiger partial charge in [0.2, 0.25) is 0 Å². The SMILES string of the molecule is CCOCc1nc2c(N)nc(C)c(C)c2n1CCCN(C(N)=O)[C@@H]1C[C@H]1c1ccccc1. The van der Waals surface area contributed by atoms with Crippen molar-refractivity contribution >= 4 is 22.9 Å². The number of nitrogen functional groups attached to an aromatic ring is 1. The molecule has 0 radical (unpaired) electrons. The fraction of sp³-hybridized carbons (Fsp3) is 0.458. The summed E-state index contributed by atoms with van der Waals surface area (Å²) >= 11 is 0. The summed E-state index contributed by atoms with van der Waals surface area (Å²) in [6.07, 6.45) is 1.71. The van der Waals surface area contributed by atoms with Crippen LogP contribution in [0.25, 0.3) is 11.0 Å². The van der Waals surface area contributed by atoms with E-state index in [0.717, 1.165) is 35.4 Å². The summed E-state index contributed by atoms with van der Waals surface area (Å²) in [5.74, 6) is 1.62. The molecule has 8 heteroatoms. The van der Waals surface area contributed by atoms with Crippen molar-refractivity contribution in [1.29, 1.82) is 0 Å². The smallest absolute Gasteiger partial charge is 0.315 e. The predicted molar refractivity (Wildman–Crippen MR) is 125 cm³/mol. The molecule has 1 aromatic carbocycles. The molecule has 1 aliphatic carbocycles. The van der Waals surface area contributed by atoms with E-state index in [1.807, 2.05) is 43.9 Å². The number of rotatable bonds is 9. The topological polar surface area (TPSA) is 112 Å².